The van der Waals surface area contributed by atoms with Crippen molar-refractivity contribution in [1.82, 2.24) is 4.57 Å². The summed E-state index contributed by atoms with van der Waals surface area (Å²) in [6.07, 6.45) is 0.844. The molecule has 0 unspecified atom stereocenters. The highest BCUT2D eigenvalue weighted by Gasteiger charge is 2.17. The minimum absolute atomic E-state index is 0.630. The number of aromatic nitrogens is 1. The Hall–Kier alpha value is -1.19. The molecule has 0 aliphatic rings. The van der Waals surface area contributed by atoms with Crippen LogP contribution in [0.25, 0.3) is 10.9 Å². The van der Waals surface area contributed by atoms with E-state index in [2.05, 4.69) is 11.5 Å². The molecule has 1 aromatic heterocycles. The third-order valence-corrected chi connectivity index (χ3v) is 3.55. The van der Waals surface area contributed by atoms with Gasteiger partial charge >= 0.3 is 0 Å². The van der Waals surface area contributed by atoms with Gasteiger partial charge in [0.1, 0.15) is 5.75 Å². The van der Waals surface area contributed by atoms with Crippen LogP contribution < -0.4 is 10.5 Å². The number of hydrogen-bond acceptors (Lipinski definition) is 2. The second kappa shape index (κ2) is 4.59. The monoisotopic (exact) mass is 252 g/mol. The fourth-order valence-electron chi connectivity index (χ4n) is 2.42. The van der Waals surface area contributed by atoms with Crippen molar-refractivity contribution in [2.45, 2.75) is 13.3 Å². The number of benzene rings is 1. The summed E-state index contributed by atoms with van der Waals surface area (Å²) in [4.78, 5) is 0. The van der Waals surface area contributed by atoms with E-state index in [4.69, 9.17) is 22.1 Å². The van der Waals surface area contributed by atoms with E-state index in [9.17, 15) is 0 Å². The summed E-state index contributed by atoms with van der Waals surface area (Å²) in [5.74, 6) is 0.846. The summed E-state index contributed by atoms with van der Waals surface area (Å²) in [6.45, 7) is 2.71. The average Bonchev–Trinajstić information content (AvgIpc) is 2.56. The van der Waals surface area contributed by atoms with E-state index in [0.29, 0.717) is 6.54 Å². The zero-order chi connectivity index (χ0) is 12.6. The van der Waals surface area contributed by atoms with Crippen molar-refractivity contribution < 1.29 is 4.74 Å². The Balaban J connectivity index is 2.85. The molecular weight excluding hydrogens is 236 g/mol. The minimum atomic E-state index is 0.630. The maximum Gasteiger partial charge on any atom is 0.143 e. The second-order valence-corrected chi connectivity index (χ2v) is 4.55. The first-order valence-corrected chi connectivity index (χ1v) is 6.00. The van der Waals surface area contributed by atoms with Gasteiger partial charge in [0.05, 0.1) is 17.6 Å². The Morgan fingerprint density at radius 3 is 2.71 bits per heavy atom. The zero-order valence-corrected chi connectivity index (χ0v) is 11.1. The van der Waals surface area contributed by atoms with Gasteiger partial charge < -0.3 is 15.0 Å². The van der Waals surface area contributed by atoms with Gasteiger partial charge in [0.15, 0.2) is 0 Å². The molecule has 0 aliphatic carbocycles. The molecule has 2 rings (SSSR count). The topological polar surface area (TPSA) is 40.2 Å². The number of halogens is 1. The lowest BCUT2D eigenvalue weighted by atomic mass is 10.1. The highest BCUT2D eigenvalue weighted by Crippen LogP contribution is 2.36. The van der Waals surface area contributed by atoms with Crippen molar-refractivity contribution in [3.63, 3.8) is 0 Å². The number of aryl methyl sites for hydroxylation is 2. The van der Waals surface area contributed by atoms with Gasteiger partial charge in [0.25, 0.3) is 0 Å². The van der Waals surface area contributed by atoms with Crippen LogP contribution in [0.15, 0.2) is 12.1 Å². The van der Waals surface area contributed by atoms with Crippen molar-refractivity contribution >= 4 is 22.5 Å². The van der Waals surface area contributed by atoms with Gasteiger partial charge in [-0.15, -0.1) is 0 Å². The molecule has 0 atom stereocenters. The van der Waals surface area contributed by atoms with Gasteiger partial charge in [-0.05, 0) is 31.2 Å². The third kappa shape index (κ3) is 1.79. The molecule has 17 heavy (non-hydrogen) atoms. The molecule has 1 heterocycles. The average molecular weight is 253 g/mol. The number of ether oxygens (including phenoxy) is 1. The largest absolute Gasteiger partial charge is 0.495 e. The molecule has 1 aromatic carbocycles. The molecule has 2 N–H and O–H groups in total. The van der Waals surface area contributed by atoms with Crippen LogP contribution in [0, 0.1) is 6.92 Å². The van der Waals surface area contributed by atoms with Crippen LogP contribution in [0.3, 0.4) is 0 Å². The lowest BCUT2D eigenvalue weighted by molar-refractivity contribution is 0.417. The molecule has 0 saturated heterocycles. The van der Waals surface area contributed by atoms with Gasteiger partial charge in [-0.25, -0.2) is 0 Å². The molecule has 0 saturated carbocycles. The van der Waals surface area contributed by atoms with E-state index in [0.717, 1.165) is 28.1 Å². The number of rotatable bonds is 3. The Kier molecular flexibility index (Phi) is 3.31. The molecule has 92 valence electrons. The fourth-order valence-corrected chi connectivity index (χ4v) is 2.72. The van der Waals surface area contributed by atoms with Crippen molar-refractivity contribution in [1.29, 1.82) is 0 Å². The molecule has 0 bridgehead atoms. The highest BCUT2D eigenvalue weighted by molar-refractivity contribution is 6.36. The number of hydrogen-bond donors (Lipinski definition) is 1. The summed E-state index contributed by atoms with van der Waals surface area (Å²) in [5, 5.41) is 1.83. The van der Waals surface area contributed by atoms with Crippen molar-refractivity contribution in [2.24, 2.45) is 12.8 Å². The summed E-state index contributed by atoms with van der Waals surface area (Å²) in [6, 6.07) is 3.78. The van der Waals surface area contributed by atoms with Crippen molar-refractivity contribution in [2.75, 3.05) is 13.7 Å². The summed E-state index contributed by atoms with van der Waals surface area (Å²) < 4.78 is 7.53. The van der Waals surface area contributed by atoms with Gasteiger partial charge in [-0.1, -0.05) is 11.6 Å². The van der Waals surface area contributed by atoms with Gasteiger partial charge in [-0.3, -0.25) is 0 Å². The summed E-state index contributed by atoms with van der Waals surface area (Å²) in [5.41, 5.74) is 9.10. The molecule has 4 heteroatoms. The second-order valence-electron chi connectivity index (χ2n) is 4.14. The van der Waals surface area contributed by atoms with Crippen molar-refractivity contribution in [3.05, 3.63) is 28.4 Å². The summed E-state index contributed by atoms with van der Waals surface area (Å²) >= 11 is 6.28. The van der Waals surface area contributed by atoms with Crippen molar-refractivity contribution in [3.8, 4) is 5.75 Å². The Labute approximate surface area is 106 Å². The Bertz CT molecular complexity index is 560. The van der Waals surface area contributed by atoms with Gasteiger partial charge in [0, 0.05) is 24.5 Å². The van der Waals surface area contributed by atoms with E-state index in [1.165, 1.54) is 11.3 Å². The number of nitrogens with two attached hydrogens (primary N) is 1. The predicted molar refractivity (Wildman–Crippen MR) is 72.0 cm³/mol. The number of methoxy groups -OCH3 is 1. The fraction of sp³-hybridized carbons (Fsp3) is 0.385. The smallest absolute Gasteiger partial charge is 0.143 e. The van der Waals surface area contributed by atoms with Crippen LogP contribution in [0.1, 0.15) is 11.3 Å². The first-order valence-electron chi connectivity index (χ1n) is 5.62. The van der Waals surface area contributed by atoms with Gasteiger partial charge in [0.2, 0.25) is 0 Å². The first-order chi connectivity index (χ1) is 8.11. The third-order valence-electron chi connectivity index (χ3n) is 3.24. The van der Waals surface area contributed by atoms with Gasteiger partial charge in [-0.2, -0.15) is 0 Å². The molecular formula is C13H17ClN2O. The minimum Gasteiger partial charge on any atom is -0.495 e. The van der Waals surface area contributed by atoms with E-state index in [1.807, 2.05) is 19.2 Å². The van der Waals surface area contributed by atoms with E-state index < -0.39 is 0 Å². The predicted octanol–water partition coefficient (Wildman–Crippen LogP) is 2.65. The lowest BCUT2D eigenvalue weighted by Gasteiger charge is -2.07. The normalized spacial score (nSPS) is 11.1. The molecule has 0 fully saturated rings. The van der Waals surface area contributed by atoms with Crippen LogP contribution in [0.4, 0.5) is 0 Å². The first kappa shape index (κ1) is 12.3. The summed E-state index contributed by atoms with van der Waals surface area (Å²) in [7, 11) is 3.70. The van der Waals surface area contributed by atoms with Crippen LogP contribution in [-0.4, -0.2) is 18.2 Å². The molecule has 0 spiro atoms. The maximum absolute atomic E-state index is 6.28. The van der Waals surface area contributed by atoms with Crippen LogP contribution in [-0.2, 0) is 13.5 Å². The lowest BCUT2D eigenvalue weighted by Crippen LogP contribution is -2.07. The highest BCUT2D eigenvalue weighted by atomic mass is 35.5. The van der Waals surface area contributed by atoms with E-state index >= 15 is 0 Å². The van der Waals surface area contributed by atoms with E-state index in [-0.39, 0.29) is 0 Å². The molecule has 0 amide bonds. The maximum atomic E-state index is 6.28. The standard InChI is InChI=1S/C13H17ClN2O/c1-8-10(6-7-15)16(2)13-11(17-3)5-4-9(14)12(8)13/h4-5H,6-7,15H2,1-3H3. The SMILES string of the molecule is COc1ccc(Cl)c2c(C)c(CCN)n(C)c12. The molecule has 3 nitrogen and oxygen atoms in total. The quantitative estimate of drug-likeness (QED) is 0.912. The zero-order valence-electron chi connectivity index (χ0n) is 10.4. The molecule has 2 aromatic rings. The van der Waals surface area contributed by atoms with Crippen LogP contribution in [0.5, 0.6) is 5.75 Å². The molecule has 0 radical (unpaired) electrons. The van der Waals surface area contributed by atoms with E-state index in [1.54, 1.807) is 7.11 Å². The Morgan fingerprint density at radius 2 is 2.12 bits per heavy atom. The number of fused-ring (bicyclic) bond motifs is 1. The van der Waals surface area contributed by atoms with Crippen LogP contribution >= 0.6 is 11.6 Å². The number of nitrogens with zero attached hydrogens (tertiary/aromatic N) is 1. The Morgan fingerprint density at radius 1 is 1.41 bits per heavy atom. The molecule has 0 aliphatic heterocycles. The van der Waals surface area contributed by atoms with Crippen LogP contribution in [0.2, 0.25) is 5.02 Å².